The van der Waals surface area contributed by atoms with Crippen LogP contribution < -0.4 is 5.32 Å². The number of piperazine rings is 1. The van der Waals surface area contributed by atoms with Gasteiger partial charge in [0.25, 0.3) is 0 Å². The van der Waals surface area contributed by atoms with Gasteiger partial charge in [-0.2, -0.15) is 0 Å². The van der Waals surface area contributed by atoms with Crippen molar-refractivity contribution in [3.63, 3.8) is 0 Å². The zero-order valence-electron chi connectivity index (χ0n) is 12.9. The minimum absolute atomic E-state index is 0.330. The molecule has 1 N–H and O–H groups in total. The zero-order valence-corrected chi connectivity index (χ0v) is 13.7. The molecular weight excluding hydrogens is 254 g/mol. The van der Waals surface area contributed by atoms with Crippen molar-refractivity contribution in [3.8, 4) is 0 Å². The first-order valence-corrected chi connectivity index (χ1v) is 8.12. The summed E-state index contributed by atoms with van der Waals surface area (Å²) in [5.41, 5.74) is 1.48. The number of nitrogens with zero attached hydrogens (tertiary/aromatic N) is 2. The Hall–Kier alpha value is -0.450. The van der Waals surface area contributed by atoms with Crippen LogP contribution in [0.1, 0.15) is 38.4 Å². The van der Waals surface area contributed by atoms with Crippen LogP contribution in [0.15, 0.2) is 5.38 Å². The Morgan fingerprint density at radius 2 is 2.21 bits per heavy atom. The number of nitrogens with one attached hydrogen (secondary N) is 1. The van der Waals surface area contributed by atoms with E-state index in [2.05, 4.69) is 55.2 Å². The number of hydrogen-bond donors (Lipinski definition) is 1. The molecule has 0 aliphatic carbocycles. The maximum absolute atomic E-state index is 4.56. The Kier molecular flexibility index (Phi) is 4.64. The molecule has 2 unspecified atom stereocenters. The lowest BCUT2D eigenvalue weighted by atomic mass is 9.85. The van der Waals surface area contributed by atoms with Gasteiger partial charge in [-0.05, 0) is 19.3 Å². The highest BCUT2D eigenvalue weighted by Crippen LogP contribution is 2.23. The summed E-state index contributed by atoms with van der Waals surface area (Å²) in [6.07, 6.45) is 1.08. The fraction of sp³-hybridized carbons (Fsp3) is 0.800. The lowest BCUT2D eigenvalue weighted by Gasteiger charge is -2.44. The van der Waals surface area contributed by atoms with Gasteiger partial charge in [-0.25, -0.2) is 4.98 Å². The predicted molar refractivity (Wildman–Crippen MR) is 82.8 cm³/mol. The molecule has 1 fully saturated rings. The molecule has 2 heterocycles. The van der Waals surface area contributed by atoms with Crippen molar-refractivity contribution in [3.05, 3.63) is 16.1 Å². The lowest BCUT2D eigenvalue weighted by molar-refractivity contribution is 0.0948. The highest BCUT2D eigenvalue weighted by molar-refractivity contribution is 7.09. The van der Waals surface area contributed by atoms with Crippen LogP contribution >= 0.6 is 11.3 Å². The molecule has 0 radical (unpaired) electrons. The first-order valence-electron chi connectivity index (χ1n) is 7.24. The van der Waals surface area contributed by atoms with Crippen molar-refractivity contribution in [1.29, 1.82) is 0 Å². The Morgan fingerprint density at radius 1 is 1.47 bits per heavy atom. The molecule has 4 heteroatoms. The summed E-state index contributed by atoms with van der Waals surface area (Å²) in [6.45, 7) is 14.7. The smallest absolute Gasteiger partial charge is 0.0940 e. The number of aryl methyl sites for hydroxylation is 1. The van der Waals surface area contributed by atoms with Crippen LogP contribution in [0.3, 0.4) is 0 Å². The van der Waals surface area contributed by atoms with Gasteiger partial charge in [-0.1, -0.05) is 20.8 Å². The summed E-state index contributed by atoms with van der Waals surface area (Å²) in [5, 5.41) is 7.11. The third-order valence-electron chi connectivity index (χ3n) is 4.02. The van der Waals surface area contributed by atoms with Crippen LogP contribution in [0.4, 0.5) is 0 Å². The van der Waals surface area contributed by atoms with Crippen molar-refractivity contribution in [1.82, 2.24) is 15.2 Å². The minimum atomic E-state index is 0.330. The average molecular weight is 281 g/mol. The van der Waals surface area contributed by atoms with E-state index < -0.39 is 0 Å². The van der Waals surface area contributed by atoms with Crippen molar-refractivity contribution >= 4 is 11.3 Å². The molecule has 1 aromatic heterocycles. The molecule has 2 atom stereocenters. The summed E-state index contributed by atoms with van der Waals surface area (Å²) in [6, 6.07) is 1.21. The van der Waals surface area contributed by atoms with Crippen LogP contribution in [0, 0.1) is 12.3 Å². The van der Waals surface area contributed by atoms with E-state index in [0.717, 1.165) is 31.7 Å². The van der Waals surface area contributed by atoms with Gasteiger partial charge in [0.1, 0.15) is 0 Å². The van der Waals surface area contributed by atoms with Gasteiger partial charge in [-0.15, -0.1) is 11.3 Å². The second-order valence-electron chi connectivity index (χ2n) is 6.80. The zero-order chi connectivity index (χ0) is 14.0. The van der Waals surface area contributed by atoms with Gasteiger partial charge in [-0.3, -0.25) is 4.90 Å². The molecule has 108 valence electrons. The Morgan fingerprint density at radius 3 is 2.79 bits per heavy atom. The Labute approximate surface area is 121 Å². The highest BCUT2D eigenvalue weighted by Gasteiger charge is 2.32. The largest absolute Gasteiger partial charge is 0.311 e. The van der Waals surface area contributed by atoms with E-state index in [9.17, 15) is 0 Å². The van der Waals surface area contributed by atoms with Crippen LogP contribution in [-0.4, -0.2) is 41.6 Å². The second-order valence-corrected chi connectivity index (χ2v) is 7.75. The standard InChI is InChI=1S/C15H27N3S/c1-11-10-19-14(17-11)6-7-18-9-13(15(3,4)5)16-8-12(18)2/h10,12-13,16H,6-9H2,1-5H3. The quantitative estimate of drug-likeness (QED) is 0.923. The van der Waals surface area contributed by atoms with E-state index >= 15 is 0 Å². The molecule has 0 spiro atoms. The summed E-state index contributed by atoms with van der Waals surface area (Å²) in [4.78, 5) is 7.18. The van der Waals surface area contributed by atoms with Crippen molar-refractivity contribution in [2.75, 3.05) is 19.6 Å². The average Bonchev–Trinajstić information content (AvgIpc) is 2.72. The maximum atomic E-state index is 4.56. The molecule has 3 nitrogen and oxygen atoms in total. The van der Waals surface area contributed by atoms with Crippen molar-refractivity contribution < 1.29 is 0 Å². The molecule has 1 aliphatic heterocycles. The molecule has 0 aromatic carbocycles. The summed E-state index contributed by atoms with van der Waals surface area (Å²) in [5.74, 6) is 0. The monoisotopic (exact) mass is 281 g/mol. The van der Waals surface area contributed by atoms with Gasteiger partial charge in [0.05, 0.1) is 5.01 Å². The summed E-state index contributed by atoms with van der Waals surface area (Å²) >= 11 is 1.79. The normalized spacial score (nSPS) is 25.7. The molecule has 0 saturated carbocycles. The predicted octanol–water partition coefficient (Wildman–Crippen LogP) is 2.70. The second kappa shape index (κ2) is 5.90. The third kappa shape index (κ3) is 4.01. The van der Waals surface area contributed by atoms with E-state index in [1.807, 2.05) is 0 Å². The van der Waals surface area contributed by atoms with Crippen LogP contribution in [0.5, 0.6) is 0 Å². The maximum Gasteiger partial charge on any atom is 0.0940 e. The fourth-order valence-corrected chi connectivity index (χ4v) is 3.33. The Balaban J connectivity index is 1.90. The molecule has 0 amide bonds. The molecule has 1 aliphatic rings. The third-order valence-corrected chi connectivity index (χ3v) is 5.05. The summed E-state index contributed by atoms with van der Waals surface area (Å²) < 4.78 is 0. The molecule has 1 saturated heterocycles. The highest BCUT2D eigenvalue weighted by atomic mass is 32.1. The first-order chi connectivity index (χ1) is 8.86. The number of aromatic nitrogens is 1. The van der Waals surface area contributed by atoms with Gasteiger partial charge < -0.3 is 5.32 Å². The van der Waals surface area contributed by atoms with Crippen LogP contribution in [0.25, 0.3) is 0 Å². The number of hydrogen-bond acceptors (Lipinski definition) is 4. The van der Waals surface area contributed by atoms with Gasteiger partial charge >= 0.3 is 0 Å². The van der Waals surface area contributed by atoms with E-state index in [1.54, 1.807) is 11.3 Å². The lowest BCUT2D eigenvalue weighted by Crippen LogP contribution is -2.59. The van der Waals surface area contributed by atoms with Crippen molar-refractivity contribution in [2.24, 2.45) is 5.41 Å². The van der Waals surface area contributed by atoms with E-state index in [0.29, 0.717) is 17.5 Å². The minimum Gasteiger partial charge on any atom is -0.311 e. The topological polar surface area (TPSA) is 28.2 Å². The fourth-order valence-electron chi connectivity index (χ4n) is 2.57. The first kappa shape index (κ1) is 14.9. The number of thiazole rings is 1. The van der Waals surface area contributed by atoms with E-state index in [4.69, 9.17) is 0 Å². The molecule has 19 heavy (non-hydrogen) atoms. The summed E-state index contributed by atoms with van der Waals surface area (Å²) in [7, 11) is 0. The van der Waals surface area contributed by atoms with Crippen LogP contribution in [0.2, 0.25) is 0 Å². The van der Waals surface area contributed by atoms with Gasteiger partial charge in [0, 0.05) is 49.2 Å². The SMILES string of the molecule is Cc1csc(CCN2CC(C(C)(C)C)NCC2C)n1. The van der Waals surface area contributed by atoms with E-state index in [1.165, 1.54) is 5.01 Å². The van der Waals surface area contributed by atoms with Gasteiger partial charge in [0.2, 0.25) is 0 Å². The Bertz CT molecular complexity index is 408. The van der Waals surface area contributed by atoms with E-state index in [-0.39, 0.29) is 0 Å². The van der Waals surface area contributed by atoms with Crippen LogP contribution in [-0.2, 0) is 6.42 Å². The van der Waals surface area contributed by atoms with Gasteiger partial charge in [0.15, 0.2) is 0 Å². The van der Waals surface area contributed by atoms with Crippen molar-refractivity contribution in [2.45, 2.75) is 53.1 Å². The molecule has 1 aromatic rings. The molecule has 0 bridgehead atoms. The molecular formula is C15H27N3S. The molecule has 2 rings (SSSR count). The number of rotatable bonds is 3.